The van der Waals surface area contributed by atoms with Crippen molar-refractivity contribution in [1.29, 1.82) is 0 Å². The van der Waals surface area contributed by atoms with Crippen molar-refractivity contribution in [1.82, 2.24) is 0 Å². The fourth-order valence-electron chi connectivity index (χ4n) is 1.26. The van der Waals surface area contributed by atoms with Crippen LogP contribution < -0.4 is 0 Å². The van der Waals surface area contributed by atoms with Crippen LogP contribution in [0.4, 0.5) is 4.39 Å². The van der Waals surface area contributed by atoms with Gasteiger partial charge >= 0.3 is 0 Å². The molecule has 1 aromatic carbocycles. The zero-order chi connectivity index (χ0) is 9.14. The molecule has 12 heavy (non-hydrogen) atoms. The summed E-state index contributed by atoms with van der Waals surface area (Å²) in [6, 6.07) is 5.10. The quantitative estimate of drug-likeness (QED) is 0.627. The largest absolute Gasteiger partial charge is 0.206 e. The third-order valence-corrected chi connectivity index (χ3v) is 2.00. The summed E-state index contributed by atoms with van der Waals surface area (Å²) in [6.07, 6.45) is 0.793. The van der Waals surface area contributed by atoms with E-state index < -0.39 is 0 Å². The van der Waals surface area contributed by atoms with Gasteiger partial charge in [0.2, 0.25) is 0 Å². The average Bonchev–Trinajstić information content (AvgIpc) is 2.03. The lowest BCUT2D eigenvalue weighted by Crippen LogP contribution is -1.91. The van der Waals surface area contributed by atoms with Crippen molar-refractivity contribution in [2.45, 2.75) is 20.3 Å². The highest BCUT2D eigenvalue weighted by Gasteiger charge is 2.06. The molecule has 0 N–H and O–H groups in total. The van der Waals surface area contributed by atoms with Gasteiger partial charge in [-0.05, 0) is 30.5 Å². The van der Waals surface area contributed by atoms with Crippen LogP contribution in [0.5, 0.6) is 0 Å². The highest BCUT2D eigenvalue weighted by Crippen LogP contribution is 2.22. The van der Waals surface area contributed by atoms with E-state index in [2.05, 4.69) is 6.58 Å². The molecule has 1 aromatic rings. The third-order valence-electron chi connectivity index (χ3n) is 2.00. The molecule has 1 rings (SSSR count). The van der Waals surface area contributed by atoms with Crippen molar-refractivity contribution in [2.75, 3.05) is 0 Å². The van der Waals surface area contributed by atoms with E-state index in [0.29, 0.717) is 5.56 Å². The lowest BCUT2D eigenvalue weighted by atomic mass is 10.00. The van der Waals surface area contributed by atoms with E-state index in [1.165, 1.54) is 6.07 Å². The van der Waals surface area contributed by atoms with Crippen molar-refractivity contribution in [3.05, 3.63) is 41.7 Å². The van der Waals surface area contributed by atoms with E-state index in [4.69, 9.17) is 0 Å². The maximum atomic E-state index is 13.2. The predicted octanol–water partition coefficient (Wildman–Crippen LogP) is 3.56. The number of rotatable bonds is 2. The Morgan fingerprint density at radius 2 is 2.17 bits per heavy atom. The summed E-state index contributed by atoms with van der Waals surface area (Å²) in [4.78, 5) is 0. The zero-order valence-electron chi connectivity index (χ0n) is 7.52. The van der Waals surface area contributed by atoms with Crippen LogP contribution in [0.1, 0.15) is 24.5 Å². The lowest BCUT2D eigenvalue weighted by Gasteiger charge is -2.07. The lowest BCUT2D eigenvalue weighted by molar-refractivity contribution is 0.622. The molecule has 0 fully saturated rings. The van der Waals surface area contributed by atoms with Gasteiger partial charge in [-0.3, -0.25) is 0 Å². The Bertz CT molecular complexity index is 280. The van der Waals surface area contributed by atoms with E-state index in [1.54, 1.807) is 6.07 Å². The molecule has 0 radical (unpaired) electrons. The van der Waals surface area contributed by atoms with Gasteiger partial charge in [0.25, 0.3) is 0 Å². The molecule has 0 atom stereocenters. The predicted molar refractivity (Wildman–Crippen MR) is 50.5 cm³/mol. The second-order valence-electron chi connectivity index (χ2n) is 2.89. The normalized spacial score (nSPS) is 9.92. The standard InChI is InChI=1S/C11H13F/c1-4-8(2)11-9(3)6-5-7-10(11)12/h5-7H,2,4H2,1,3H3. The van der Waals surface area contributed by atoms with Crippen molar-refractivity contribution in [2.24, 2.45) is 0 Å². The third kappa shape index (κ3) is 1.55. The second-order valence-corrected chi connectivity index (χ2v) is 2.89. The van der Waals surface area contributed by atoms with Crippen LogP contribution in [-0.2, 0) is 0 Å². The molecule has 0 heterocycles. The number of allylic oxidation sites excluding steroid dienone is 1. The van der Waals surface area contributed by atoms with Crippen molar-refractivity contribution in [3.8, 4) is 0 Å². The number of hydrogen-bond acceptors (Lipinski definition) is 0. The molecule has 0 aliphatic heterocycles. The van der Waals surface area contributed by atoms with Crippen LogP contribution in [-0.4, -0.2) is 0 Å². The monoisotopic (exact) mass is 164 g/mol. The van der Waals surface area contributed by atoms with E-state index in [-0.39, 0.29) is 5.82 Å². The van der Waals surface area contributed by atoms with Crippen LogP contribution in [0.15, 0.2) is 24.8 Å². The first-order valence-electron chi connectivity index (χ1n) is 4.10. The first-order valence-corrected chi connectivity index (χ1v) is 4.10. The molecule has 0 aromatic heterocycles. The molecule has 64 valence electrons. The van der Waals surface area contributed by atoms with Crippen molar-refractivity contribution >= 4 is 5.57 Å². The average molecular weight is 164 g/mol. The molecule has 0 spiro atoms. The molecule has 1 heteroatoms. The molecule has 0 aliphatic carbocycles. The maximum Gasteiger partial charge on any atom is 0.130 e. The van der Waals surface area contributed by atoms with Crippen molar-refractivity contribution < 1.29 is 4.39 Å². The zero-order valence-corrected chi connectivity index (χ0v) is 7.52. The Kier molecular flexibility index (Phi) is 2.64. The number of benzene rings is 1. The molecule has 0 unspecified atom stereocenters. The van der Waals surface area contributed by atoms with Crippen LogP contribution >= 0.6 is 0 Å². The molecule has 0 aliphatic rings. The molecule has 0 saturated carbocycles. The molecule has 0 bridgehead atoms. The van der Waals surface area contributed by atoms with E-state index in [0.717, 1.165) is 17.6 Å². The Labute approximate surface area is 72.7 Å². The maximum absolute atomic E-state index is 13.2. The van der Waals surface area contributed by atoms with Crippen LogP contribution in [0.3, 0.4) is 0 Å². The topological polar surface area (TPSA) is 0 Å². The minimum absolute atomic E-state index is 0.165. The summed E-state index contributed by atoms with van der Waals surface area (Å²) in [5.41, 5.74) is 2.51. The van der Waals surface area contributed by atoms with E-state index in [1.807, 2.05) is 19.9 Å². The molecular formula is C11H13F. The minimum Gasteiger partial charge on any atom is -0.206 e. The molecular weight excluding hydrogens is 151 g/mol. The summed E-state index contributed by atoms with van der Waals surface area (Å²) >= 11 is 0. The van der Waals surface area contributed by atoms with Gasteiger partial charge in [-0.1, -0.05) is 25.6 Å². The number of aryl methyl sites for hydroxylation is 1. The summed E-state index contributed by atoms with van der Waals surface area (Å²) < 4.78 is 13.2. The SMILES string of the molecule is C=C(CC)c1c(C)cccc1F. The van der Waals surface area contributed by atoms with Crippen LogP contribution in [0, 0.1) is 12.7 Å². The fourth-order valence-corrected chi connectivity index (χ4v) is 1.26. The van der Waals surface area contributed by atoms with Gasteiger partial charge in [-0.15, -0.1) is 0 Å². The van der Waals surface area contributed by atoms with Crippen LogP contribution in [0.25, 0.3) is 5.57 Å². The fraction of sp³-hybridized carbons (Fsp3) is 0.273. The van der Waals surface area contributed by atoms with Gasteiger partial charge in [-0.25, -0.2) is 4.39 Å². The highest BCUT2D eigenvalue weighted by atomic mass is 19.1. The van der Waals surface area contributed by atoms with Gasteiger partial charge in [0, 0.05) is 5.56 Å². The second kappa shape index (κ2) is 3.53. The Balaban J connectivity index is 3.21. The smallest absolute Gasteiger partial charge is 0.130 e. The Morgan fingerprint density at radius 3 is 2.67 bits per heavy atom. The minimum atomic E-state index is -0.165. The van der Waals surface area contributed by atoms with Crippen molar-refractivity contribution in [3.63, 3.8) is 0 Å². The van der Waals surface area contributed by atoms with Gasteiger partial charge in [0.05, 0.1) is 0 Å². The van der Waals surface area contributed by atoms with E-state index >= 15 is 0 Å². The summed E-state index contributed by atoms with van der Waals surface area (Å²) in [5.74, 6) is -0.165. The molecule has 0 nitrogen and oxygen atoms in total. The summed E-state index contributed by atoms with van der Waals surface area (Å²) in [7, 11) is 0. The summed E-state index contributed by atoms with van der Waals surface area (Å²) in [5, 5.41) is 0. The van der Waals surface area contributed by atoms with Gasteiger partial charge in [0.1, 0.15) is 5.82 Å². The number of halogens is 1. The number of hydrogen-bond donors (Lipinski definition) is 0. The molecule has 0 amide bonds. The van der Waals surface area contributed by atoms with Crippen LogP contribution in [0.2, 0.25) is 0 Å². The highest BCUT2D eigenvalue weighted by molar-refractivity contribution is 5.66. The van der Waals surface area contributed by atoms with Gasteiger partial charge in [-0.2, -0.15) is 0 Å². The molecule has 0 saturated heterocycles. The van der Waals surface area contributed by atoms with Gasteiger partial charge in [0.15, 0.2) is 0 Å². The summed E-state index contributed by atoms with van der Waals surface area (Å²) in [6.45, 7) is 7.71. The van der Waals surface area contributed by atoms with E-state index in [9.17, 15) is 4.39 Å². The first-order chi connectivity index (χ1) is 5.66. The first kappa shape index (κ1) is 8.98. The Morgan fingerprint density at radius 1 is 1.50 bits per heavy atom. The Hall–Kier alpha value is -1.11. The van der Waals surface area contributed by atoms with Gasteiger partial charge < -0.3 is 0 Å².